The van der Waals surface area contributed by atoms with Gasteiger partial charge in [0.05, 0.1) is 6.04 Å². The lowest BCUT2D eigenvalue weighted by Gasteiger charge is -2.13. The molecule has 0 spiro atoms. The van der Waals surface area contributed by atoms with Crippen molar-refractivity contribution in [2.75, 3.05) is 17.8 Å². The molecular formula is C14H20N2S2. The largest absolute Gasteiger partial charge is 0.362 e. The van der Waals surface area contributed by atoms with Crippen LogP contribution in [0.2, 0.25) is 0 Å². The van der Waals surface area contributed by atoms with Crippen LogP contribution in [0.4, 0.5) is 0 Å². The Morgan fingerprint density at radius 3 is 2.94 bits per heavy atom. The van der Waals surface area contributed by atoms with Crippen molar-refractivity contribution < 1.29 is 0 Å². The van der Waals surface area contributed by atoms with Crippen LogP contribution in [0.3, 0.4) is 0 Å². The van der Waals surface area contributed by atoms with Crippen LogP contribution in [0.15, 0.2) is 35.3 Å². The molecule has 0 saturated carbocycles. The summed E-state index contributed by atoms with van der Waals surface area (Å²) in [6.45, 7) is 2.23. The molecule has 1 aromatic rings. The molecular weight excluding hydrogens is 260 g/mol. The number of benzene rings is 1. The minimum absolute atomic E-state index is 0.325. The van der Waals surface area contributed by atoms with Gasteiger partial charge in [-0.15, -0.1) is 0 Å². The molecule has 2 atom stereocenters. The van der Waals surface area contributed by atoms with Gasteiger partial charge in [0, 0.05) is 11.8 Å². The minimum Gasteiger partial charge on any atom is -0.362 e. The van der Waals surface area contributed by atoms with Crippen LogP contribution in [0.25, 0.3) is 0 Å². The molecule has 2 unspecified atom stereocenters. The molecule has 0 fully saturated rings. The van der Waals surface area contributed by atoms with Crippen molar-refractivity contribution in [3.63, 3.8) is 0 Å². The van der Waals surface area contributed by atoms with Gasteiger partial charge >= 0.3 is 0 Å². The van der Waals surface area contributed by atoms with E-state index in [9.17, 15) is 0 Å². The molecule has 4 heteroatoms. The first kappa shape index (κ1) is 13.8. The monoisotopic (exact) mass is 280 g/mol. The first-order valence-corrected chi connectivity index (χ1v) is 8.68. The molecule has 1 aliphatic heterocycles. The van der Waals surface area contributed by atoms with E-state index >= 15 is 0 Å². The Balaban J connectivity index is 1.88. The Labute approximate surface area is 118 Å². The highest BCUT2D eigenvalue weighted by atomic mass is 32.2. The third-order valence-corrected chi connectivity index (χ3v) is 4.58. The molecule has 1 heterocycles. The number of hydrogen-bond acceptors (Lipinski definition) is 4. The summed E-state index contributed by atoms with van der Waals surface area (Å²) in [6, 6.07) is 11.4. The molecule has 2 nitrogen and oxygen atoms in total. The van der Waals surface area contributed by atoms with Gasteiger partial charge in [0.15, 0.2) is 5.17 Å². The van der Waals surface area contributed by atoms with Gasteiger partial charge in [0.2, 0.25) is 0 Å². The Morgan fingerprint density at radius 2 is 2.22 bits per heavy atom. The molecule has 98 valence electrons. The highest BCUT2D eigenvalue weighted by Gasteiger charge is 2.20. The predicted molar refractivity (Wildman–Crippen MR) is 84.7 cm³/mol. The molecule has 0 saturated heterocycles. The van der Waals surface area contributed by atoms with Crippen molar-refractivity contribution in [2.24, 2.45) is 4.99 Å². The van der Waals surface area contributed by atoms with Crippen LogP contribution < -0.4 is 5.32 Å². The number of amidine groups is 1. The number of nitrogens with one attached hydrogen (secondary N) is 1. The lowest BCUT2D eigenvalue weighted by molar-refractivity contribution is 0.649. The SMILES string of the molecule is CSCCC(C)NC1=NC(c2ccccc2)CS1. The van der Waals surface area contributed by atoms with E-state index in [1.165, 1.54) is 17.7 Å². The smallest absolute Gasteiger partial charge is 0.157 e. The number of rotatable bonds is 5. The maximum Gasteiger partial charge on any atom is 0.157 e. The average Bonchev–Trinajstić information content (AvgIpc) is 2.86. The van der Waals surface area contributed by atoms with Gasteiger partial charge in [-0.05, 0) is 30.9 Å². The second-order valence-corrected chi connectivity index (χ2v) is 6.49. The Morgan fingerprint density at radius 1 is 1.44 bits per heavy atom. The van der Waals surface area contributed by atoms with Crippen LogP contribution >= 0.6 is 23.5 Å². The van der Waals surface area contributed by atoms with E-state index in [1.54, 1.807) is 0 Å². The van der Waals surface area contributed by atoms with E-state index < -0.39 is 0 Å². The molecule has 18 heavy (non-hydrogen) atoms. The molecule has 2 rings (SSSR count). The second-order valence-electron chi connectivity index (χ2n) is 4.50. The summed E-state index contributed by atoms with van der Waals surface area (Å²) in [5, 5.41) is 4.62. The summed E-state index contributed by atoms with van der Waals surface area (Å²) in [6.07, 6.45) is 3.34. The number of thioether (sulfide) groups is 2. The quantitative estimate of drug-likeness (QED) is 0.892. The van der Waals surface area contributed by atoms with E-state index in [-0.39, 0.29) is 0 Å². The summed E-state index contributed by atoms with van der Waals surface area (Å²) >= 11 is 3.74. The summed E-state index contributed by atoms with van der Waals surface area (Å²) in [7, 11) is 0. The average molecular weight is 280 g/mol. The van der Waals surface area contributed by atoms with Gasteiger partial charge in [-0.1, -0.05) is 42.1 Å². The third-order valence-electron chi connectivity index (χ3n) is 2.96. The van der Waals surface area contributed by atoms with E-state index in [2.05, 4.69) is 48.8 Å². The summed E-state index contributed by atoms with van der Waals surface area (Å²) in [5.41, 5.74) is 1.32. The molecule has 1 aliphatic rings. The van der Waals surface area contributed by atoms with Gasteiger partial charge in [-0.25, -0.2) is 0 Å². The molecule has 0 bridgehead atoms. The third kappa shape index (κ3) is 3.95. The van der Waals surface area contributed by atoms with Crippen molar-refractivity contribution in [1.29, 1.82) is 0 Å². The van der Waals surface area contributed by atoms with E-state index in [0.29, 0.717) is 12.1 Å². The van der Waals surface area contributed by atoms with Gasteiger partial charge in [-0.3, -0.25) is 4.99 Å². The number of nitrogens with zero attached hydrogens (tertiary/aromatic N) is 1. The Bertz CT molecular complexity index is 392. The van der Waals surface area contributed by atoms with Crippen molar-refractivity contribution in [3.05, 3.63) is 35.9 Å². The Hall–Kier alpha value is -0.610. The standard InChI is InChI=1S/C14H20N2S2/c1-11(8-9-17-2)15-14-16-13(10-18-14)12-6-4-3-5-7-12/h3-7,11,13H,8-10H2,1-2H3,(H,15,16). The first-order valence-electron chi connectivity index (χ1n) is 6.30. The normalized spacial score (nSPS) is 20.6. The number of aliphatic imine (C=N–C) groups is 1. The molecule has 0 radical (unpaired) electrons. The van der Waals surface area contributed by atoms with Crippen LogP contribution in [0.1, 0.15) is 24.9 Å². The second kappa shape index (κ2) is 7.10. The molecule has 0 aliphatic carbocycles. The van der Waals surface area contributed by atoms with Crippen LogP contribution in [-0.4, -0.2) is 29.0 Å². The molecule has 0 aromatic heterocycles. The van der Waals surface area contributed by atoms with Gasteiger partial charge in [0.1, 0.15) is 0 Å². The zero-order chi connectivity index (χ0) is 12.8. The van der Waals surface area contributed by atoms with Gasteiger partial charge in [0.25, 0.3) is 0 Å². The summed E-state index contributed by atoms with van der Waals surface area (Å²) in [5.74, 6) is 2.26. The Kier molecular flexibility index (Phi) is 5.45. The zero-order valence-electron chi connectivity index (χ0n) is 10.9. The molecule has 1 aromatic carbocycles. The number of hydrogen-bond donors (Lipinski definition) is 1. The topological polar surface area (TPSA) is 24.4 Å². The van der Waals surface area contributed by atoms with Crippen LogP contribution in [0.5, 0.6) is 0 Å². The summed E-state index contributed by atoms with van der Waals surface area (Å²) in [4.78, 5) is 4.77. The lowest BCUT2D eigenvalue weighted by atomic mass is 10.1. The minimum atomic E-state index is 0.325. The fourth-order valence-electron chi connectivity index (χ4n) is 1.88. The lowest BCUT2D eigenvalue weighted by Crippen LogP contribution is -2.30. The van der Waals surface area contributed by atoms with Gasteiger partial charge < -0.3 is 5.32 Å². The first-order chi connectivity index (χ1) is 8.79. The maximum atomic E-state index is 4.77. The fraction of sp³-hybridized carbons (Fsp3) is 0.500. The molecule has 0 amide bonds. The predicted octanol–water partition coefficient (Wildman–Crippen LogP) is 3.56. The molecule has 1 N–H and O–H groups in total. The fourth-order valence-corrected chi connectivity index (χ4v) is 3.53. The summed E-state index contributed by atoms with van der Waals surface area (Å²) < 4.78 is 0. The van der Waals surface area contributed by atoms with Crippen LogP contribution in [0, 0.1) is 0 Å². The van der Waals surface area contributed by atoms with E-state index in [0.717, 1.165) is 10.9 Å². The van der Waals surface area contributed by atoms with Crippen molar-refractivity contribution in [2.45, 2.75) is 25.4 Å². The highest BCUT2D eigenvalue weighted by molar-refractivity contribution is 8.14. The highest BCUT2D eigenvalue weighted by Crippen LogP contribution is 2.29. The van der Waals surface area contributed by atoms with Gasteiger partial charge in [-0.2, -0.15) is 11.8 Å². The van der Waals surface area contributed by atoms with Crippen LogP contribution in [-0.2, 0) is 0 Å². The van der Waals surface area contributed by atoms with Crippen molar-refractivity contribution in [1.82, 2.24) is 5.32 Å². The van der Waals surface area contributed by atoms with E-state index in [1.807, 2.05) is 23.5 Å². The van der Waals surface area contributed by atoms with Crippen molar-refractivity contribution in [3.8, 4) is 0 Å². The van der Waals surface area contributed by atoms with E-state index in [4.69, 9.17) is 4.99 Å². The maximum absolute atomic E-state index is 4.77. The zero-order valence-corrected chi connectivity index (χ0v) is 12.6. The van der Waals surface area contributed by atoms with Crippen molar-refractivity contribution >= 4 is 28.7 Å².